The first-order valence-electron chi connectivity index (χ1n) is 11.5. The molecule has 2 heterocycles. The van der Waals surface area contributed by atoms with Crippen LogP contribution in [0.3, 0.4) is 0 Å². The van der Waals surface area contributed by atoms with Gasteiger partial charge in [0.25, 0.3) is 5.91 Å². The molecule has 0 spiro atoms. The molecule has 11 heteroatoms. The Morgan fingerprint density at radius 2 is 1.94 bits per heavy atom. The highest BCUT2D eigenvalue weighted by Crippen LogP contribution is 2.29. The quantitative estimate of drug-likeness (QED) is 0.326. The Morgan fingerprint density at radius 1 is 1.11 bits per heavy atom. The number of carbonyl (C=O) groups is 4. The summed E-state index contributed by atoms with van der Waals surface area (Å²) in [4.78, 5) is 49.6. The molecule has 3 aromatic rings. The maximum absolute atomic E-state index is 13.1. The fourth-order valence-electron chi connectivity index (χ4n) is 4.07. The van der Waals surface area contributed by atoms with Gasteiger partial charge >= 0.3 is 6.09 Å². The second kappa shape index (κ2) is 11.4. The molecule has 9 nitrogen and oxygen atoms in total. The van der Waals surface area contributed by atoms with Gasteiger partial charge in [-0.15, -0.1) is 11.3 Å². The van der Waals surface area contributed by atoms with Crippen LogP contribution in [0, 0.1) is 0 Å². The molecule has 2 aromatic carbocycles. The van der Waals surface area contributed by atoms with Crippen LogP contribution in [-0.2, 0) is 16.1 Å². The summed E-state index contributed by atoms with van der Waals surface area (Å²) in [6, 6.07) is 9.08. The van der Waals surface area contributed by atoms with Gasteiger partial charge in [0.2, 0.25) is 11.8 Å². The van der Waals surface area contributed by atoms with Crippen molar-refractivity contribution in [3.05, 3.63) is 57.9 Å². The second-order valence-electron chi connectivity index (χ2n) is 8.48. The predicted molar refractivity (Wildman–Crippen MR) is 140 cm³/mol. The van der Waals surface area contributed by atoms with Crippen LogP contribution in [0.2, 0.25) is 5.02 Å². The summed E-state index contributed by atoms with van der Waals surface area (Å²) >= 11 is 7.70. The zero-order chi connectivity index (χ0) is 25.7. The second-order valence-corrected chi connectivity index (χ2v) is 9.83. The standard InChI is InChI=1S/C25H25ClN4O5S/c26-15-6-9-21-18(10-15)14(13-36-21)12-27-24(33)19-4-2-1-3-5-22(31)29-20-11-16(28-25(34)35)7-8-17(20)23(32)30-19/h6-11,13,19,28H,1-5,12H2,(H,27,33)(H,29,31)(H,30,32)(H,34,35). The normalized spacial score (nSPS) is 16.6. The molecule has 4 amide bonds. The average molecular weight is 529 g/mol. The minimum absolute atomic E-state index is 0.135. The van der Waals surface area contributed by atoms with E-state index < -0.39 is 18.0 Å². The van der Waals surface area contributed by atoms with Crippen molar-refractivity contribution in [1.29, 1.82) is 0 Å². The third-order valence-electron chi connectivity index (χ3n) is 5.88. The Morgan fingerprint density at radius 3 is 2.75 bits per heavy atom. The lowest BCUT2D eigenvalue weighted by atomic mass is 10.0. The SMILES string of the molecule is O=C(O)Nc1ccc2c(c1)NC(=O)CCCCCC(C(=O)NCc1csc3ccc(Cl)cc13)NC2=O. The van der Waals surface area contributed by atoms with E-state index >= 15 is 0 Å². The molecule has 1 atom stereocenters. The van der Waals surface area contributed by atoms with Crippen LogP contribution < -0.4 is 21.3 Å². The molecule has 4 rings (SSSR count). The molecule has 0 saturated heterocycles. The van der Waals surface area contributed by atoms with Gasteiger partial charge in [-0.1, -0.05) is 24.4 Å². The molecule has 0 radical (unpaired) electrons. The molecule has 0 fully saturated rings. The van der Waals surface area contributed by atoms with E-state index in [-0.39, 0.29) is 35.2 Å². The van der Waals surface area contributed by atoms with Gasteiger partial charge < -0.3 is 21.1 Å². The summed E-state index contributed by atoms with van der Waals surface area (Å²) in [5, 5.41) is 23.2. The number of hydrogen-bond donors (Lipinski definition) is 5. The third-order valence-corrected chi connectivity index (χ3v) is 7.12. The zero-order valence-corrected chi connectivity index (χ0v) is 20.8. The zero-order valence-electron chi connectivity index (χ0n) is 19.2. The molecule has 0 saturated carbocycles. The molecule has 5 N–H and O–H groups in total. The molecule has 188 valence electrons. The highest BCUT2D eigenvalue weighted by molar-refractivity contribution is 7.17. The van der Waals surface area contributed by atoms with Crippen LogP contribution in [0.5, 0.6) is 0 Å². The minimum Gasteiger partial charge on any atom is -0.465 e. The van der Waals surface area contributed by atoms with Crippen molar-refractivity contribution in [2.24, 2.45) is 0 Å². The number of carbonyl (C=O) groups excluding carboxylic acids is 3. The van der Waals surface area contributed by atoms with E-state index in [0.29, 0.717) is 37.3 Å². The minimum atomic E-state index is -1.27. The van der Waals surface area contributed by atoms with E-state index in [1.54, 1.807) is 11.3 Å². The Labute approximate surface area is 216 Å². The molecule has 1 aliphatic rings. The van der Waals surface area contributed by atoms with Crippen molar-refractivity contribution < 1.29 is 24.3 Å². The van der Waals surface area contributed by atoms with Crippen LogP contribution in [0.4, 0.5) is 16.2 Å². The first-order chi connectivity index (χ1) is 17.3. The number of fused-ring (bicyclic) bond motifs is 2. The van der Waals surface area contributed by atoms with Gasteiger partial charge in [0.05, 0.1) is 11.3 Å². The number of anilines is 2. The molecular formula is C25H25ClN4O5S. The summed E-state index contributed by atoms with van der Waals surface area (Å²) in [5.74, 6) is -1.12. The van der Waals surface area contributed by atoms with Crippen molar-refractivity contribution in [3.8, 4) is 0 Å². The molecule has 1 unspecified atom stereocenters. The summed E-state index contributed by atoms with van der Waals surface area (Å²) in [5.41, 5.74) is 1.46. The van der Waals surface area contributed by atoms with Gasteiger partial charge in [0.1, 0.15) is 6.04 Å². The lowest BCUT2D eigenvalue weighted by molar-refractivity contribution is -0.123. The van der Waals surface area contributed by atoms with Crippen LogP contribution >= 0.6 is 22.9 Å². The van der Waals surface area contributed by atoms with Crippen LogP contribution in [0.1, 0.15) is 48.0 Å². The van der Waals surface area contributed by atoms with E-state index in [0.717, 1.165) is 15.6 Å². The van der Waals surface area contributed by atoms with Gasteiger partial charge in [-0.2, -0.15) is 0 Å². The van der Waals surface area contributed by atoms with Crippen LogP contribution in [0.15, 0.2) is 41.8 Å². The van der Waals surface area contributed by atoms with Gasteiger partial charge in [0.15, 0.2) is 0 Å². The summed E-state index contributed by atoms with van der Waals surface area (Å²) in [7, 11) is 0. The summed E-state index contributed by atoms with van der Waals surface area (Å²) in [6.45, 7) is 0.294. The maximum Gasteiger partial charge on any atom is 0.409 e. The largest absolute Gasteiger partial charge is 0.465 e. The predicted octanol–water partition coefficient (Wildman–Crippen LogP) is 4.96. The monoisotopic (exact) mass is 528 g/mol. The van der Waals surface area contributed by atoms with Crippen molar-refractivity contribution in [2.45, 2.75) is 44.7 Å². The Kier molecular flexibility index (Phi) is 8.07. The van der Waals surface area contributed by atoms with Crippen molar-refractivity contribution >= 4 is 68.2 Å². The summed E-state index contributed by atoms with van der Waals surface area (Å²) < 4.78 is 1.07. The van der Waals surface area contributed by atoms with E-state index in [9.17, 15) is 19.2 Å². The molecule has 0 aliphatic carbocycles. The van der Waals surface area contributed by atoms with E-state index in [1.165, 1.54) is 18.2 Å². The number of amides is 4. The van der Waals surface area contributed by atoms with Crippen molar-refractivity contribution in [3.63, 3.8) is 0 Å². The van der Waals surface area contributed by atoms with Crippen LogP contribution in [0.25, 0.3) is 10.1 Å². The molecule has 1 aliphatic heterocycles. The third kappa shape index (κ3) is 6.32. The lowest BCUT2D eigenvalue weighted by Crippen LogP contribution is -2.46. The van der Waals surface area contributed by atoms with Crippen molar-refractivity contribution in [1.82, 2.24) is 10.6 Å². The Bertz CT molecular complexity index is 1330. The maximum atomic E-state index is 13.1. The number of carboxylic acid groups (broad SMARTS) is 1. The number of halogens is 1. The van der Waals surface area contributed by atoms with Crippen molar-refractivity contribution in [2.75, 3.05) is 10.6 Å². The Balaban J connectivity index is 1.52. The average Bonchev–Trinajstić information content (AvgIpc) is 3.22. The van der Waals surface area contributed by atoms with E-state index in [2.05, 4.69) is 21.3 Å². The molecule has 36 heavy (non-hydrogen) atoms. The fraction of sp³-hybridized carbons (Fsp3) is 0.280. The van der Waals surface area contributed by atoms with Crippen LogP contribution in [-0.4, -0.2) is 35.0 Å². The number of rotatable bonds is 4. The smallest absolute Gasteiger partial charge is 0.409 e. The molecule has 1 aromatic heterocycles. The summed E-state index contributed by atoms with van der Waals surface area (Å²) in [6.07, 6.45) is 1.41. The van der Waals surface area contributed by atoms with E-state index in [4.69, 9.17) is 16.7 Å². The van der Waals surface area contributed by atoms with Gasteiger partial charge in [-0.05, 0) is 65.6 Å². The lowest BCUT2D eigenvalue weighted by Gasteiger charge is -2.21. The first kappa shape index (κ1) is 25.5. The number of nitrogens with one attached hydrogen (secondary N) is 4. The topological polar surface area (TPSA) is 137 Å². The van der Waals surface area contributed by atoms with Gasteiger partial charge in [-0.25, -0.2) is 4.79 Å². The van der Waals surface area contributed by atoms with E-state index in [1.807, 2.05) is 23.6 Å². The molecular weight excluding hydrogens is 504 g/mol. The van der Waals surface area contributed by atoms with Gasteiger partial charge in [-0.3, -0.25) is 19.7 Å². The molecule has 0 bridgehead atoms. The highest BCUT2D eigenvalue weighted by Gasteiger charge is 2.24. The van der Waals surface area contributed by atoms with Gasteiger partial charge in [0, 0.05) is 28.4 Å². The number of benzene rings is 2. The Hall–Kier alpha value is -3.63. The first-order valence-corrected chi connectivity index (χ1v) is 12.7. The highest BCUT2D eigenvalue weighted by atomic mass is 35.5. The number of hydrogen-bond acceptors (Lipinski definition) is 5. The fourth-order valence-corrected chi connectivity index (χ4v) is 5.19. The number of thiophene rings is 1.